The lowest BCUT2D eigenvalue weighted by molar-refractivity contribution is 0.248. The molecule has 5 rings (SSSR count). The number of aromatic nitrogens is 5. The summed E-state index contributed by atoms with van der Waals surface area (Å²) < 4.78 is 30.2. The number of sulfonamides is 1. The second-order valence-corrected chi connectivity index (χ2v) is 9.99. The predicted molar refractivity (Wildman–Crippen MR) is 133 cm³/mol. The number of piperazine rings is 1. The maximum atomic E-state index is 11.4. The van der Waals surface area contributed by atoms with Gasteiger partial charge in [0.05, 0.1) is 16.8 Å². The van der Waals surface area contributed by atoms with Crippen molar-refractivity contribution in [2.24, 2.45) is 5.14 Å². The number of benzene rings is 2. The van der Waals surface area contributed by atoms with E-state index in [-0.39, 0.29) is 11.5 Å². The van der Waals surface area contributed by atoms with E-state index in [1.54, 1.807) is 30.6 Å². The van der Waals surface area contributed by atoms with Gasteiger partial charge in [-0.3, -0.25) is 4.90 Å². The van der Waals surface area contributed by atoms with E-state index in [9.17, 15) is 8.42 Å². The number of rotatable bonds is 8. The van der Waals surface area contributed by atoms with Gasteiger partial charge in [0.25, 0.3) is 0 Å². The van der Waals surface area contributed by atoms with Crippen LogP contribution in [0.4, 0.5) is 5.95 Å². The van der Waals surface area contributed by atoms with E-state index in [1.165, 1.54) is 22.4 Å². The molecule has 1 fully saturated rings. The van der Waals surface area contributed by atoms with E-state index >= 15 is 0 Å². The zero-order valence-electron chi connectivity index (χ0n) is 19.5. The van der Waals surface area contributed by atoms with Crippen LogP contribution in [0.15, 0.2) is 78.0 Å². The monoisotopic (exact) mass is 506 g/mol. The Hall–Kier alpha value is -3.87. The molecule has 2 aromatic carbocycles. The number of hydrogen-bond donors (Lipinski definition) is 1. The fourth-order valence-electron chi connectivity index (χ4n) is 3.94. The molecule has 1 aliphatic rings. The zero-order chi connectivity index (χ0) is 25.0. The molecule has 11 nitrogen and oxygen atoms in total. The number of nitrogens with two attached hydrogens (primary N) is 1. The molecule has 2 aromatic heterocycles. The number of hydrogen-bond acceptors (Lipinski definition) is 9. The van der Waals surface area contributed by atoms with Gasteiger partial charge in [0.2, 0.25) is 21.9 Å². The van der Waals surface area contributed by atoms with Gasteiger partial charge in [-0.1, -0.05) is 35.5 Å². The van der Waals surface area contributed by atoms with Crippen molar-refractivity contribution in [3.8, 4) is 11.6 Å². The Kier molecular flexibility index (Phi) is 6.89. The van der Waals surface area contributed by atoms with E-state index in [2.05, 4.69) is 54.3 Å². The molecule has 2 N–H and O–H groups in total. The largest absolute Gasteiger partial charge is 0.471 e. The quantitative estimate of drug-likeness (QED) is 0.378. The molecule has 0 saturated carbocycles. The Morgan fingerprint density at radius 3 is 2.42 bits per heavy atom. The summed E-state index contributed by atoms with van der Waals surface area (Å²) in [6, 6.07) is 18.2. The standard InChI is InChI=1S/C24H26N8O3S/c25-36(33,34)22-8-6-21(7-9-22)32-17-20(28-29-32)18-35-23-10-11-26-24(27-23)31-14-12-30(13-15-31)16-19-4-2-1-3-5-19/h1-11,17H,12-16,18H2,(H2,25,33,34). The number of anilines is 1. The summed E-state index contributed by atoms with van der Waals surface area (Å²) in [6.45, 7) is 4.67. The smallest absolute Gasteiger partial charge is 0.238 e. The third kappa shape index (κ3) is 5.85. The van der Waals surface area contributed by atoms with Crippen molar-refractivity contribution in [3.05, 3.63) is 84.3 Å². The van der Waals surface area contributed by atoms with Gasteiger partial charge in [0, 0.05) is 45.0 Å². The molecule has 0 amide bonds. The summed E-state index contributed by atoms with van der Waals surface area (Å²) in [7, 11) is -3.75. The van der Waals surface area contributed by atoms with Crippen molar-refractivity contribution in [1.29, 1.82) is 0 Å². The summed E-state index contributed by atoms with van der Waals surface area (Å²) in [5, 5.41) is 13.3. The second-order valence-electron chi connectivity index (χ2n) is 8.43. The van der Waals surface area contributed by atoms with Crippen molar-refractivity contribution in [2.75, 3.05) is 31.1 Å². The van der Waals surface area contributed by atoms with E-state index < -0.39 is 10.0 Å². The molecule has 0 spiro atoms. The fraction of sp³-hybridized carbons (Fsp3) is 0.250. The first kappa shape index (κ1) is 23.9. The minimum absolute atomic E-state index is 0.0343. The second kappa shape index (κ2) is 10.4. The molecule has 1 aliphatic heterocycles. The van der Waals surface area contributed by atoms with Gasteiger partial charge in [0.15, 0.2) is 0 Å². The van der Waals surface area contributed by atoms with Crippen molar-refractivity contribution in [1.82, 2.24) is 29.9 Å². The highest BCUT2D eigenvalue weighted by molar-refractivity contribution is 7.89. The van der Waals surface area contributed by atoms with Crippen LogP contribution >= 0.6 is 0 Å². The maximum Gasteiger partial charge on any atom is 0.238 e. The lowest BCUT2D eigenvalue weighted by Crippen LogP contribution is -2.46. The van der Waals surface area contributed by atoms with Crippen LogP contribution in [0.1, 0.15) is 11.3 Å². The van der Waals surface area contributed by atoms with E-state index in [0.29, 0.717) is 23.2 Å². The van der Waals surface area contributed by atoms with Gasteiger partial charge >= 0.3 is 0 Å². The molecule has 3 heterocycles. The highest BCUT2D eigenvalue weighted by atomic mass is 32.2. The number of primary sulfonamides is 1. The molecule has 186 valence electrons. The van der Waals surface area contributed by atoms with Crippen molar-refractivity contribution < 1.29 is 13.2 Å². The van der Waals surface area contributed by atoms with Crippen molar-refractivity contribution >= 4 is 16.0 Å². The van der Waals surface area contributed by atoms with Crippen LogP contribution in [0.3, 0.4) is 0 Å². The van der Waals surface area contributed by atoms with Crippen LogP contribution in [-0.4, -0.2) is 64.5 Å². The van der Waals surface area contributed by atoms with Crippen LogP contribution in [-0.2, 0) is 23.2 Å². The SMILES string of the molecule is NS(=O)(=O)c1ccc(-n2cc(COc3ccnc(N4CCN(Cc5ccccc5)CC4)n3)nn2)cc1. The third-order valence-corrected chi connectivity index (χ3v) is 6.79. The van der Waals surface area contributed by atoms with Crippen LogP contribution in [0.25, 0.3) is 5.69 Å². The Morgan fingerprint density at radius 2 is 1.69 bits per heavy atom. The highest BCUT2D eigenvalue weighted by Crippen LogP contribution is 2.17. The average Bonchev–Trinajstić information content (AvgIpc) is 3.38. The molecule has 4 aromatic rings. The van der Waals surface area contributed by atoms with Gasteiger partial charge in [0.1, 0.15) is 12.3 Å². The average molecular weight is 507 g/mol. The lowest BCUT2D eigenvalue weighted by Gasteiger charge is -2.34. The zero-order valence-corrected chi connectivity index (χ0v) is 20.3. The van der Waals surface area contributed by atoms with E-state index in [4.69, 9.17) is 9.88 Å². The van der Waals surface area contributed by atoms with Gasteiger partial charge in [-0.15, -0.1) is 5.10 Å². The Balaban J connectivity index is 1.16. The normalized spacial score (nSPS) is 14.6. The van der Waals surface area contributed by atoms with E-state index in [0.717, 1.165) is 32.7 Å². The lowest BCUT2D eigenvalue weighted by atomic mass is 10.2. The van der Waals surface area contributed by atoms with Crippen LogP contribution < -0.4 is 14.8 Å². The predicted octanol–water partition coefficient (Wildman–Crippen LogP) is 1.61. The summed E-state index contributed by atoms with van der Waals surface area (Å²) in [4.78, 5) is 13.6. The van der Waals surface area contributed by atoms with Gasteiger partial charge < -0.3 is 9.64 Å². The van der Waals surface area contributed by atoms with Crippen molar-refractivity contribution in [2.45, 2.75) is 18.0 Å². The summed E-state index contributed by atoms with van der Waals surface area (Å²) >= 11 is 0. The highest BCUT2D eigenvalue weighted by Gasteiger charge is 2.19. The molecule has 1 saturated heterocycles. The number of nitrogens with zero attached hydrogens (tertiary/aromatic N) is 7. The van der Waals surface area contributed by atoms with Gasteiger partial charge in [-0.2, -0.15) is 4.98 Å². The van der Waals surface area contributed by atoms with E-state index in [1.807, 2.05) is 6.07 Å². The molecule has 0 bridgehead atoms. The molecule has 36 heavy (non-hydrogen) atoms. The topological polar surface area (TPSA) is 132 Å². The molecule has 0 radical (unpaired) electrons. The first-order chi connectivity index (χ1) is 17.4. The summed E-state index contributed by atoms with van der Waals surface area (Å²) in [6.07, 6.45) is 3.40. The summed E-state index contributed by atoms with van der Waals surface area (Å²) in [5.74, 6) is 1.10. The van der Waals surface area contributed by atoms with Gasteiger partial charge in [-0.05, 0) is 29.8 Å². The van der Waals surface area contributed by atoms with Crippen LogP contribution in [0.5, 0.6) is 5.88 Å². The minimum Gasteiger partial charge on any atom is -0.471 e. The number of ether oxygens (including phenoxy) is 1. The molecule has 0 aliphatic carbocycles. The first-order valence-electron chi connectivity index (χ1n) is 11.5. The molecule has 0 unspecified atom stereocenters. The van der Waals surface area contributed by atoms with Crippen LogP contribution in [0.2, 0.25) is 0 Å². The minimum atomic E-state index is -3.75. The molecular weight excluding hydrogens is 480 g/mol. The molecule has 12 heteroatoms. The Morgan fingerprint density at radius 1 is 0.944 bits per heavy atom. The van der Waals surface area contributed by atoms with Crippen molar-refractivity contribution in [3.63, 3.8) is 0 Å². The Labute approximate surface area is 209 Å². The fourth-order valence-corrected chi connectivity index (χ4v) is 4.46. The Bertz CT molecular complexity index is 1400. The van der Waals surface area contributed by atoms with Gasteiger partial charge in [-0.25, -0.2) is 23.2 Å². The third-order valence-electron chi connectivity index (χ3n) is 5.86. The maximum absolute atomic E-state index is 11.4. The van der Waals surface area contributed by atoms with Crippen LogP contribution in [0, 0.1) is 0 Å². The first-order valence-corrected chi connectivity index (χ1v) is 13.0. The summed E-state index contributed by atoms with van der Waals surface area (Å²) in [5.41, 5.74) is 2.56. The molecule has 0 atom stereocenters. The molecular formula is C24H26N8O3S.